The number of anilines is 1. The summed E-state index contributed by atoms with van der Waals surface area (Å²) < 4.78 is 5.99. The van der Waals surface area contributed by atoms with E-state index in [1.807, 2.05) is 11.6 Å². The van der Waals surface area contributed by atoms with E-state index >= 15 is 0 Å². The van der Waals surface area contributed by atoms with Gasteiger partial charge in [0.1, 0.15) is 11.9 Å². The van der Waals surface area contributed by atoms with Crippen molar-refractivity contribution in [2.75, 3.05) is 11.9 Å². The zero-order valence-electron chi connectivity index (χ0n) is 10.5. The molecule has 0 bridgehead atoms. The fourth-order valence-electron chi connectivity index (χ4n) is 2.07. The number of benzene rings is 1. The topological polar surface area (TPSA) is 34.2 Å². The normalized spacial score (nSPS) is 18.1. The summed E-state index contributed by atoms with van der Waals surface area (Å²) >= 11 is 1.61. The van der Waals surface area contributed by atoms with Gasteiger partial charge in [0.05, 0.1) is 23.4 Å². The second kappa shape index (κ2) is 4.61. The lowest BCUT2D eigenvalue weighted by Crippen LogP contribution is -2.34. The molecule has 0 aliphatic carbocycles. The van der Waals surface area contributed by atoms with E-state index in [9.17, 15) is 0 Å². The fourth-order valence-corrected chi connectivity index (χ4v) is 2.63. The molecule has 1 atom stereocenters. The molecule has 4 heteroatoms. The summed E-state index contributed by atoms with van der Waals surface area (Å²) in [4.78, 5) is 4.33. The number of nitrogens with zero attached hydrogens (tertiary/aromatic N) is 1. The SMILES string of the molecule is CC(C)C1CNc2cc(-c3cscn3)ccc2O1. The molecule has 0 fully saturated rings. The van der Waals surface area contributed by atoms with Crippen LogP contribution in [0.3, 0.4) is 0 Å². The van der Waals surface area contributed by atoms with Crippen molar-refractivity contribution < 1.29 is 4.74 Å². The average Bonchev–Trinajstić information content (AvgIpc) is 2.91. The van der Waals surface area contributed by atoms with Crippen molar-refractivity contribution in [3.63, 3.8) is 0 Å². The van der Waals surface area contributed by atoms with Crippen LogP contribution in [0.1, 0.15) is 13.8 Å². The fraction of sp³-hybridized carbons (Fsp3) is 0.357. The van der Waals surface area contributed by atoms with Crippen molar-refractivity contribution >= 4 is 17.0 Å². The summed E-state index contributed by atoms with van der Waals surface area (Å²) in [6, 6.07) is 6.21. The largest absolute Gasteiger partial charge is 0.486 e. The lowest BCUT2D eigenvalue weighted by molar-refractivity contribution is 0.156. The van der Waals surface area contributed by atoms with Gasteiger partial charge >= 0.3 is 0 Å². The quantitative estimate of drug-likeness (QED) is 0.895. The predicted octanol–water partition coefficient (Wildman–Crippen LogP) is 3.64. The van der Waals surface area contributed by atoms with E-state index in [1.165, 1.54) is 0 Å². The van der Waals surface area contributed by atoms with E-state index in [0.717, 1.165) is 29.2 Å². The molecule has 1 aromatic carbocycles. The lowest BCUT2D eigenvalue weighted by atomic mass is 10.0. The number of fused-ring (bicyclic) bond motifs is 1. The third-order valence-corrected chi connectivity index (χ3v) is 3.81. The van der Waals surface area contributed by atoms with E-state index in [-0.39, 0.29) is 6.10 Å². The molecule has 94 valence electrons. The van der Waals surface area contributed by atoms with Crippen molar-refractivity contribution in [3.05, 3.63) is 29.1 Å². The Balaban J connectivity index is 1.90. The van der Waals surface area contributed by atoms with Crippen LogP contribution in [0.2, 0.25) is 0 Å². The Bertz CT molecular complexity index is 537. The predicted molar refractivity (Wildman–Crippen MR) is 75.3 cm³/mol. The highest BCUT2D eigenvalue weighted by Crippen LogP contribution is 2.34. The number of nitrogens with one attached hydrogen (secondary N) is 1. The molecule has 18 heavy (non-hydrogen) atoms. The Morgan fingerprint density at radius 3 is 3.06 bits per heavy atom. The Kier molecular flexibility index (Phi) is 2.96. The molecule has 1 unspecified atom stereocenters. The third-order valence-electron chi connectivity index (χ3n) is 3.22. The molecule has 0 spiro atoms. The minimum Gasteiger partial charge on any atom is -0.486 e. The number of ether oxygens (including phenoxy) is 1. The van der Waals surface area contributed by atoms with Gasteiger partial charge in [0, 0.05) is 10.9 Å². The van der Waals surface area contributed by atoms with E-state index in [1.54, 1.807) is 11.3 Å². The molecule has 0 saturated heterocycles. The average molecular weight is 260 g/mol. The first-order chi connectivity index (χ1) is 8.74. The van der Waals surface area contributed by atoms with Gasteiger partial charge in [-0.15, -0.1) is 11.3 Å². The van der Waals surface area contributed by atoms with Crippen LogP contribution in [0.25, 0.3) is 11.3 Å². The minimum absolute atomic E-state index is 0.252. The Morgan fingerprint density at radius 2 is 2.33 bits per heavy atom. The van der Waals surface area contributed by atoms with Gasteiger partial charge in [-0.1, -0.05) is 13.8 Å². The molecule has 1 aromatic heterocycles. The van der Waals surface area contributed by atoms with Crippen molar-refractivity contribution in [1.29, 1.82) is 0 Å². The molecule has 1 N–H and O–H groups in total. The lowest BCUT2D eigenvalue weighted by Gasteiger charge is -2.30. The van der Waals surface area contributed by atoms with Crippen LogP contribution in [0.5, 0.6) is 5.75 Å². The summed E-state index contributed by atoms with van der Waals surface area (Å²) in [5.74, 6) is 1.46. The first-order valence-electron chi connectivity index (χ1n) is 6.17. The number of thiazole rings is 1. The second-order valence-electron chi connectivity index (χ2n) is 4.87. The minimum atomic E-state index is 0.252. The molecule has 0 radical (unpaired) electrons. The van der Waals surface area contributed by atoms with Crippen LogP contribution >= 0.6 is 11.3 Å². The summed E-state index contributed by atoms with van der Waals surface area (Å²) in [6.07, 6.45) is 0.252. The zero-order chi connectivity index (χ0) is 12.5. The van der Waals surface area contributed by atoms with Crippen molar-refractivity contribution in [3.8, 4) is 17.0 Å². The molecule has 2 aromatic rings. The maximum atomic E-state index is 5.99. The van der Waals surface area contributed by atoms with Crippen molar-refractivity contribution in [2.24, 2.45) is 5.92 Å². The highest BCUT2D eigenvalue weighted by Gasteiger charge is 2.22. The molecule has 1 aliphatic rings. The van der Waals surface area contributed by atoms with Crippen LogP contribution < -0.4 is 10.1 Å². The summed E-state index contributed by atoms with van der Waals surface area (Å²) in [6.45, 7) is 5.23. The summed E-state index contributed by atoms with van der Waals surface area (Å²) in [5, 5.41) is 5.50. The van der Waals surface area contributed by atoms with E-state index in [0.29, 0.717) is 5.92 Å². The van der Waals surface area contributed by atoms with Crippen LogP contribution in [0, 0.1) is 5.92 Å². The molecular weight excluding hydrogens is 244 g/mol. The van der Waals surface area contributed by atoms with Gasteiger partial charge in [0.25, 0.3) is 0 Å². The van der Waals surface area contributed by atoms with Crippen molar-refractivity contribution in [1.82, 2.24) is 4.98 Å². The number of hydrogen-bond donors (Lipinski definition) is 1. The van der Waals surface area contributed by atoms with Gasteiger partial charge in [-0.25, -0.2) is 4.98 Å². The number of rotatable bonds is 2. The first-order valence-corrected chi connectivity index (χ1v) is 7.11. The summed E-state index contributed by atoms with van der Waals surface area (Å²) in [5.41, 5.74) is 5.08. The van der Waals surface area contributed by atoms with Crippen LogP contribution in [-0.2, 0) is 0 Å². The van der Waals surface area contributed by atoms with Gasteiger partial charge in [-0.2, -0.15) is 0 Å². The van der Waals surface area contributed by atoms with Gasteiger partial charge in [0.2, 0.25) is 0 Å². The van der Waals surface area contributed by atoms with Crippen molar-refractivity contribution in [2.45, 2.75) is 20.0 Å². The van der Waals surface area contributed by atoms with Gasteiger partial charge < -0.3 is 10.1 Å². The number of aromatic nitrogens is 1. The Morgan fingerprint density at radius 1 is 1.44 bits per heavy atom. The smallest absolute Gasteiger partial charge is 0.142 e. The first kappa shape index (κ1) is 11.5. The Labute approximate surface area is 111 Å². The highest BCUT2D eigenvalue weighted by atomic mass is 32.1. The highest BCUT2D eigenvalue weighted by molar-refractivity contribution is 7.07. The standard InChI is InChI=1S/C14H16N2OS/c1-9(2)14-6-15-11-5-10(3-4-13(11)17-14)12-7-18-8-16-12/h3-5,7-9,14-15H,6H2,1-2H3. The molecule has 1 aliphatic heterocycles. The van der Waals surface area contributed by atoms with E-state index in [4.69, 9.17) is 4.74 Å². The molecular formula is C14H16N2OS. The molecule has 3 rings (SSSR count). The maximum Gasteiger partial charge on any atom is 0.142 e. The maximum absolute atomic E-state index is 5.99. The van der Waals surface area contributed by atoms with E-state index in [2.05, 4.69) is 41.7 Å². The van der Waals surface area contributed by atoms with Crippen LogP contribution in [-0.4, -0.2) is 17.6 Å². The van der Waals surface area contributed by atoms with Gasteiger partial charge in [-0.3, -0.25) is 0 Å². The monoisotopic (exact) mass is 260 g/mol. The van der Waals surface area contributed by atoms with Gasteiger partial charge in [-0.05, 0) is 24.1 Å². The second-order valence-corrected chi connectivity index (χ2v) is 5.58. The number of hydrogen-bond acceptors (Lipinski definition) is 4. The molecule has 3 nitrogen and oxygen atoms in total. The zero-order valence-corrected chi connectivity index (χ0v) is 11.3. The van der Waals surface area contributed by atoms with E-state index < -0.39 is 0 Å². The molecule has 0 saturated carbocycles. The Hall–Kier alpha value is -1.55. The molecule has 2 heterocycles. The molecule has 0 amide bonds. The third kappa shape index (κ3) is 2.08. The van der Waals surface area contributed by atoms with Gasteiger partial charge in [0.15, 0.2) is 0 Å². The summed E-state index contributed by atoms with van der Waals surface area (Å²) in [7, 11) is 0. The van der Waals surface area contributed by atoms with Crippen LogP contribution in [0.4, 0.5) is 5.69 Å². The van der Waals surface area contributed by atoms with Crippen LogP contribution in [0.15, 0.2) is 29.1 Å².